The molecule has 3 heteroatoms. The first-order valence-corrected chi connectivity index (χ1v) is 6.17. The van der Waals surface area contributed by atoms with Crippen LogP contribution >= 0.6 is 0 Å². The maximum atomic E-state index is 11.8. The van der Waals surface area contributed by atoms with Gasteiger partial charge in [0.05, 0.1) is 0 Å². The van der Waals surface area contributed by atoms with Gasteiger partial charge in [0.15, 0.2) is 0 Å². The lowest BCUT2D eigenvalue weighted by Gasteiger charge is -2.41. The lowest BCUT2D eigenvalue weighted by Crippen LogP contribution is -2.48. The zero-order chi connectivity index (χ0) is 10.8. The van der Waals surface area contributed by atoms with Crippen LogP contribution < -0.4 is 0 Å². The van der Waals surface area contributed by atoms with Crippen molar-refractivity contribution in [2.75, 3.05) is 6.54 Å². The van der Waals surface area contributed by atoms with Crippen molar-refractivity contribution in [3.05, 3.63) is 12.2 Å². The highest BCUT2D eigenvalue weighted by Crippen LogP contribution is 2.32. The molecule has 0 aromatic rings. The van der Waals surface area contributed by atoms with Gasteiger partial charge in [-0.1, -0.05) is 32.8 Å². The Morgan fingerprint density at radius 2 is 2.06 bits per heavy atom. The summed E-state index contributed by atoms with van der Waals surface area (Å²) in [5.41, 5.74) is 0. The van der Waals surface area contributed by atoms with Crippen LogP contribution in [0.5, 0.6) is 0 Å². The average Bonchev–Trinajstić information content (AvgIpc) is 2.22. The van der Waals surface area contributed by atoms with Crippen molar-refractivity contribution in [3.8, 4) is 0 Å². The van der Waals surface area contributed by atoms with Gasteiger partial charge in [0.1, 0.15) is 0 Å². The molecule has 2 atom stereocenters. The number of fused-ring (bicyclic) bond motifs is 1. The molecule has 1 saturated carbocycles. The summed E-state index contributed by atoms with van der Waals surface area (Å²) in [6, 6.07) is 0.499. The van der Waals surface area contributed by atoms with E-state index in [0.29, 0.717) is 17.9 Å². The Balaban J connectivity index is 0.00000128. The van der Waals surface area contributed by atoms with E-state index in [1.165, 1.54) is 25.7 Å². The Hall–Kier alpha value is -0.725. The minimum Gasteiger partial charge on any atom is -0.335 e. The molecule has 2 rings (SSSR count). The van der Waals surface area contributed by atoms with E-state index in [0.717, 1.165) is 6.54 Å². The van der Waals surface area contributed by atoms with E-state index < -0.39 is 0 Å². The second-order valence-electron chi connectivity index (χ2n) is 5.26. The lowest BCUT2D eigenvalue weighted by atomic mass is 9.81. The molecule has 16 heavy (non-hydrogen) atoms. The van der Waals surface area contributed by atoms with Gasteiger partial charge in [-0.3, -0.25) is 4.79 Å². The lowest BCUT2D eigenvalue weighted by molar-refractivity contribution is -0.131. The molecule has 1 aliphatic carbocycles. The van der Waals surface area contributed by atoms with Crippen molar-refractivity contribution in [2.24, 2.45) is 11.8 Å². The molecule has 0 N–H and O–H groups in total. The Morgan fingerprint density at radius 1 is 1.38 bits per heavy atom. The first kappa shape index (κ1) is 13.3. The van der Waals surface area contributed by atoms with E-state index in [-0.39, 0.29) is 14.3 Å². The third kappa shape index (κ3) is 2.69. The van der Waals surface area contributed by atoms with Crippen molar-refractivity contribution in [1.29, 1.82) is 0 Å². The third-order valence-electron chi connectivity index (χ3n) is 3.51. The quantitative estimate of drug-likeness (QED) is 0.651. The third-order valence-corrected chi connectivity index (χ3v) is 3.51. The maximum Gasteiger partial charge on any atom is 0.246 e. The highest BCUT2D eigenvalue weighted by Gasteiger charge is 2.33. The van der Waals surface area contributed by atoms with Crippen molar-refractivity contribution in [3.63, 3.8) is 0 Å². The largest absolute Gasteiger partial charge is 0.335 e. The summed E-state index contributed by atoms with van der Waals surface area (Å²) < 4.78 is 0. The molecular weight excluding hydrogens is 197 g/mol. The molecule has 0 bridgehead atoms. The summed E-state index contributed by atoms with van der Waals surface area (Å²) in [6.45, 7) is 5.29. The van der Waals surface area contributed by atoms with E-state index in [9.17, 15) is 4.79 Å². The van der Waals surface area contributed by atoms with E-state index in [4.69, 9.17) is 0 Å². The SMILES string of the molecule is CC(C)CN1C(=O)C=CC2CCCCC21.[B]. The van der Waals surface area contributed by atoms with Gasteiger partial charge in [0.25, 0.3) is 0 Å². The van der Waals surface area contributed by atoms with Crippen LogP contribution in [-0.4, -0.2) is 31.8 Å². The van der Waals surface area contributed by atoms with Crippen LogP contribution in [0.4, 0.5) is 0 Å². The molecule has 0 aromatic heterocycles. The first-order valence-electron chi connectivity index (χ1n) is 6.17. The fourth-order valence-corrected chi connectivity index (χ4v) is 2.84. The van der Waals surface area contributed by atoms with Crippen molar-refractivity contribution in [1.82, 2.24) is 4.90 Å². The van der Waals surface area contributed by atoms with Crippen LogP contribution in [0.1, 0.15) is 39.5 Å². The molecule has 87 valence electrons. The van der Waals surface area contributed by atoms with Crippen LogP contribution in [0, 0.1) is 11.8 Å². The Bertz CT molecular complexity index is 275. The van der Waals surface area contributed by atoms with Crippen LogP contribution in [0.15, 0.2) is 12.2 Å². The van der Waals surface area contributed by atoms with E-state index in [2.05, 4.69) is 24.8 Å². The smallest absolute Gasteiger partial charge is 0.246 e. The maximum absolute atomic E-state index is 11.8. The molecule has 3 radical (unpaired) electrons. The summed E-state index contributed by atoms with van der Waals surface area (Å²) in [6.07, 6.45) is 9.01. The topological polar surface area (TPSA) is 20.3 Å². The molecule has 0 saturated heterocycles. The molecule has 2 aliphatic rings. The molecule has 1 amide bonds. The monoisotopic (exact) mass is 218 g/mol. The van der Waals surface area contributed by atoms with Crippen molar-refractivity contribution >= 4 is 14.3 Å². The van der Waals surface area contributed by atoms with Gasteiger partial charge in [-0.05, 0) is 30.8 Å². The number of rotatable bonds is 2. The fourth-order valence-electron chi connectivity index (χ4n) is 2.84. The number of carbonyl (C=O) groups excluding carboxylic acids is 1. The molecule has 1 aliphatic heterocycles. The zero-order valence-corrected chi connectivity index (χ0v) is 10.4. The Labute approximate surface area is 101 Å². The zero-order valence-electron chi connectivity index (χ0n) is 10.4. The van der Waals surface area contributed by atoms with Crippen molar-refractivity contribution in [2.45, 2.75) is 45.6 Å². The molecule has 2 nitrogen and oxygen atoms in total. The Morgan fingerprint density at radius 3 is 2.75 bits per heavy atom. The molecule has 2 unspecified atom stereocenters. The number of amides is 1. The molecule has 1 fully saturated rings. The summed E-state index contributed by atoms with van der Waals surface area (Å²) in [5.74, 6) is 1.44. The average molecular weight is 218 g/mol. The first-order chi connectivity index (χ1) is 7.18. The van der Waals surface area contributed by atoms with Gasteiger partial charge in [-0.25, -0.2) is 0 Å². The van der Waals surface area contributed by atoms with E-state index >= 15 is 0 Å². The normalized spacial score (nSPS) is 28.9. The fraction of sp³-hybridized carbons (Fsp3) is 0.769. The number of hydrogen-bond acceptors (Lipinski definition) is 1. The Kier molecular flexibility index (Phi) is 4.63. The molecule has 0 spiro atoms. The summed E-state index contributed by atoms with van der Waals surface area (Å²) in [7, 11) is 0. The van der Waals surface area contributed by atoms with Gasteiger partial charge >= 0.3 is 0 Å². The van der Waals surface area contributed by atoms with Crippen molar-refractivity contribution < 1.29 is 4.79 Å². The van der Waals surface area contributed by atoms with E-state index in [1.807, 2.05) is 0 Å². The highest BCUT2D eigenvalue weighted by atomic mass is 16.2. The molecule has 0 aromatic carbocycles. The minimum atomic E-state index is 0. The number of carbonyl (C=O) groups is 1. The minimum absolute atomic E-state index is 0. The highest BCUT2D eigenvalue weighted by molar-refractivity contribution is 5.88. The summed E-state index contributed by atoms with van der Waals surface area (Å²) in [4.78, 5) is 13.9. The second-order valence-corrected chi connectivity index (χ2v) is 5.26. The van der Waals surface area contributed by atoms with Gasteiger partial charge in [0.2, 0.25) is 5.91 Å². The van der Waals surface area contributed by atoms with Gasteiger partial charge in [-0.15, -0.1) is 0 Å². The van der Waals surface area contributed by atoms with Gasteiger partial charge in [-0.2, -0.15) is 0 Å². The molecular formula is C13H21BNO. The van der Waals surface area contributed by atoms with Crippen LogP contribution in [0.25, 0.3) is 0 Å². The second kappa shape index (κ2) is 5.56. The van der Waals surface area contributed by atoms with Crippen LogP contribution in [0.3, 0.4) is 0 Å². The van der Waals surface area contributed by atoms with Crippen LogP contribution in [0.2, 0.25) is 0 Å². The van der Waals surface area contributed by atoms with Crippen LogP contribution in [-0.2, 0) is 4.79 Å². The van der Waals surface area contributed by atoms with Gasteiger partial charge in [0, 0.05) is 21.0 Å². The summed E-state index contributed by atoms with van der Waals surface area (Å²) in [5, 5.41) is 0. The molecule has 1 heterocycles. The standard InChI is InChI=1S/C13H21NO.B/c1-10(2)9-14-12-6-4-3-5-11(12)7-8-13(14)15;/h7-8,10-12H,3-6,9H2,1-2H3;. The number of hydrogen-bond donors (Lipinski definition) is 0. The van der Waals surface area contributed by atoms with Gasteiger partial charge < -0.3 is 4.90 Å². The van der Waals surface area contributed by atoms with E-state index in [1.54, 1.807) is 6.08 Å². The number of nitrogens with zero attached hydrogens (tertiary/aromatic N) is 1. The predicted octanol–water partition coefficient (Wildman–Crippen LogP) is 2.22. The predicted molar refractivity (Wildman–Crippen MR) is 67.2 cm³/mol. The summed E-state index contributed by atoms with van der Waals surface area (Å²) >= 11 is 0.